The first kappa shape index (κ1) is 28.3. The summed E-state index contributed by atoms with van der Waals surface area (Å²) in [6.45, 7) is 3.65. The van der Waals surface area contributed by atoms with E-state index in [2.05, 4.69) is 19.9 Å². The number of rotatable bonds is 9. The van der Waals surface area contributed by atoms with Crippen molar-refractivity contribution in [2.75, 3.05) is 14.2 Å². The number of fused-ring (bicyclic) bond motifs is 1. The minimum absolute atomic E-state index is 0.0725. The first-order chi connectivity index (χ1) is 20.7. The van der Waals surface area contributed by atoms with Crippen molar-refractivity contribution >= 4 is 11.0 Å². The van der Waals surface area contributed by atoms with Crippen LogP contribution in [0.3, 0.4) is 0 Å². The van der Waals surface area contributed by atoms with Crippen molar-refractivity contribution in [3.8, 4) is 40.3 Å². The molecule has 1 aliphatic rings. The molecule has 4 heterocycles. The molecule has 0 saturated heterocycles. The molecule has 43 heavy (non-hydrogen) atoms. The predicted octanol–water partition coefficient (Wildman–Crippen LogP) is 6.42. The Morgan fingerprint density at radius 1 is 0.977 bits per heavy atom. The zero-order chi connectivity index (χ0) is 30.3. The summed E-state index contributed by atoms with van der Waals surface area (Å²) in [5, 5.41) is 0. The van der Waals surface area contributed by atoms with Crippen LogP contribution in [-0.4, -0.2) is 48.7 Å². The van der Waals surface area contributed by atoms with Gasteiger partial charge < -0.3 is 18.8 Å². The highest BCUT2D eigenvalue weighted by molar-refractivity contribution is 5.82. The van der Waals surface area contributed by atoms with Gasteiger partial charge in [0.15, 0.2) is 17.0 Å². The summed E-state index contributed by atoms with van der Waals surface area (Å²) in [5.74, 6) is 1.79. The van der Waals surface area contributed by atoms with Gasteiger partial charge in [-0.25, -0.2) is 24.9 Å². The van der Waals surface area contributed by atoms with E-state index >= 15 is 0 Å². The Hall–Kier alpha value is -4.81. The van der Waals surface area contributed by atoms with Gasteiger partial charge in [0.1, 0.15) is 30.1 Å². The summed E-state index contributed by atoms with van der Waals surface area (Å²) in [6.07, 6.45) is 1.58. The van der Waals surface area contributed by atoms with Crippen LogP contribution in [0, 0.1) is 0 Å². The topological polar surface area (TPSA) is 110 Å². The largest absolute Gasteiger partial charge is 0.496 e. The molecule has 0 bridgehead atoms. The molecule has 0 aliphatic heterocycles. The lowest BCUT2D eigenvalue weighted by atomic mass is 10.1. The SMILES string of the molecule is COc1cc(COc2nc(-c3c(OC)ncnc3C3CC3)nc3cccnc23)ccc1-c1nc(C(F)(F)F)cn1C(C)C. The van der Waals surface area contributed by atoms with Crippen molar-refractivity contribution in [3.63, 3.8) is 0 Å². The fourth-order valence-electron chi connectivity index (χ4n) is 4.85. The van der Waals surface area contributed by atoms with E-state index in [1.807, 2.05) is 6.07 Å². The second kappa shape index (κ2) is 11.1. The third kappa shape index (κ3) is 5.54. The zero-order valence-electron chi connectivity index (χ0n) is 23.9. The van der Waals surface area contributed by atoms with Gasteiger partial charge in [-0.15, -0.1) is 0 Å². The number of halogens is 3. The Bertz CT molecular complexity index is 1800. The van der Waals surface area contributed by atoms with Crippen LogP contribution >= 0.6 is 0 Å². The number of imidazole rings is 1. The standard InChI is InChI=1S/C30H28F3N7O3/c1-16(2)40-13-22(30(31,32)33)38-27(40)19-10-7-17(12-21(19)41-3)14-43-29-25-20(6-5-11-34-25)37-26(39-29)23-24(18-8-9-18)35-15-36-28(23)42-4/h5-7,10-13,15-16,18H,8-9,14H2,1-4H3. The first-order valence-electron chi connectivity index (χ1n) is 13.7. The molecular formula is C30H28F3N7O3. The van der Waals surface area contributed by atoms with E-state index in [0.717, 1.165) is 24.7 Å². The summed E-state index contributed by atoms with van der Waals surface area (Å²) in [7, 11) is 2.99. The molecule has 222 valence electrons. The van der Waals surface area contributed by atoms with Crippen molar-refractivity contribution < 1.29 is 27.4 Å². The lowest BCUT2D eigenvalue weighted by Gasteiger charge is -2.15. The molecule has 1 saturated carbocycles. The van der Waals surface area contributed by atoms with Crippen LogP contribution in [0.5, 0.6) is 17.5 Å². The van der Waals surface area contributed by atoms with E-state index < -0.39 is 11.9 Å². The van der Waals surface area contributed by atoms with Gasteiger partial charge in [-0.1, -0.05) is 6.07 Å². The van der Waals surface area contributed by atoms with Crippen LogP contribution in [0.1, 0.15) is 55.6 Å². The molecule has 13 heteroatoms. The van der Waals surface area contributed by atoms with Crippen molar-refractivity contribution in [2.24, 2.45) is 0 Å². The van der Waals surface area contributed by atoms with Gasteiger partial charge in [-0.05, 0) is 56.5 Å². The minimum atomic E-state index is -4.57. The maximum atomic E-state index is 13.5. The molecule has 1 aliphatic carbocycles. The molecule has 5 aromatic rings. The lowest BCUT2D eigenvalue weighted by molar-refractivity contribution is -0.140. The van der Waals surface area contributed by atoms with Crippen LogP contribution in [0.2, 0.25) is 0 Å². The average Bonchev–Trinajstić information content (AvgIpc) is 3.75. The predicted molar refractivity (Wildman–Crippen MR) is 151 cm³/mol. The van der Waals surface area contributed by atoms with E-state index in [1.165, 1.54) is 25.1 Å². The van der Waals surface area contributed by atoms with E-state index in [-0.39, 0.29) is 30.3 Å². The molecule has 1 fully saturated rings. The van der Waals surface area contributed by atoms with E-state index in [0.29, 0.717) is 45.2 Å². The van der Waals surface area contributed by atoms with Crippen molar-refractivity contribution in [2.45, 2.75) is 51.4 Å². The molecule has 0 radical (unpaired) electrons. The van der Waals surface area contributed by atoms with Gasteiger partial charge in [-0.3, -0.25) is 0 Å². The Morgan fingerprint density at radius 3 is 2.49 bits per heavy atom. The number of methoxy groups -OCH3 is 2. The first-order valence-corrected chi connectivity index (χ1v) is 13.7. The summed E-state index contributed by atoms with van der Waals surface area (Å²) in [5.41, 5.74) is 2.65. The summed E-state index contributed by atoms with van der Waals surface area (Å²) >= 11 is 0. The second-order valence-corrected chi connectivity index (χ2v) is 10.4. The Morgan fingerprint density at radius 2 is 1.79 bits per heavy atom. The van der Waals surface area contributed by atoms with Crippen LogP contribution in [0.25, 0.3) is 33.8 Å². The van der Waals surface area contributed by atoms with E-state index in [9.17, 15) is 13.2 Å². The van der Waals surface area contributed by atoms with Gasteiger partial charge in [0, 0.05) is 24.4 Å². The Kier molecular flexibility index (Phi) is 7.32. The number of aromatic nitrogens is 7. The van der Waals surface area contributed by atoms with Crippen LogP contribution in [0.4, 0.5) is 13.2 Å². The third-order valence-corrected chi connectivity index (χ3v) is 7.11. The molecule has 0 unspecified atom stereocenters. The maximum absolute atomic E-state index is 13.5. The fourth-order valence-corrected chi connectivity index (χ4v) is 4.85. The molecule has 10 nitrogen and oxygen atoms in total. The van der Waals surface area contributed by atoms with Gasteiger partial charge in [0.2, 0.25) is 11.8 Å². The van der Waals surface area contributed by atoms with Crippen molar-refractivity contribution in [3.05, 3.63) is 66.0 Å². The quantitative estimate of drug-likeness (QED) is 0.192. The Labute approximate surface area is 245 Å². The van der Waals surface area contributed by atoms with Crippen molar-refractivity contribution in [1.82, 2.24) is 34.5 Å². The highest BCUT2D eigenvalue weighted by atomic mass is 19.4. The molecular weight excluding hydrogens is 563 g/mol. The number of ether oxygens (including phenoxy) is 3. The van der Waals surface area contributed by atoms with E-state index in [4.69, 9.17) is 24.2 Å². The summed E-state index contributed by atoms with van der Waals surface area (Å²) in [4.78, 5) is 26.6. The monoisotopic (exact) mass is 591 g/mol. The molecule has 0 spiro atoms. The second-order valence-electron chi connectivity index (χ2n) is 10.4. The Balaban J connectivity index is 1.35. The van der Waals surface area contributed by atoms with Crippen LogP contribution < -0.4 is 14.2 Å². The smallest absolute Gasteiger partial charge is 0.434 e. The van der Waals surface area contributed by atoms with Gasteiger partial charge >= 0.3 is 6.18 Å². The van der Waals surface area contributed by atoms with Crippen LogP contribution in [-0.2, 0) is 12.8 Å². The number of benzene rings is 1. The fraction of sp³-hybridized carbons (Fsp3) is 0.333. The minimum Gasteiger partial charge on any atom is -0.496 e. The molecule has 4 aromatic heterocycles. The highest BCUT2D eigenvalue weighted by Crippen LogP contribution is 2.45. The third-order valence-electron chi connectivity index (χ3n) is 7.11. The average molecular weight is 592 g/mol. The summed E-state index contributed by atoms with van der Waals surface area (Å²) < 4.78 is 59.2. The number of nitrogens with zero attached hydrogens (tertiary/aromatic N) is 7. The van der Waals surface area contributed by atoms with Gasteiger partial charge in [0.05, 0.1) is 31.0 Å². The van der Waals surface area contributed by atoms with Gasteiger partial charge in [0.25, 0.3) is 0 Å². The van der Waals surface area contributed by atoms with Crippen LogP contribution in [0.15, 0.2) is 49.1 Å². The normalized spacial score (nSPS) is 13.5. The van der Waals surface area contributed by atoms with Gasteiger partial charge in [-0.2, -0.15) is 18.2 Å². The molecule has 6 rings (SSSR count). The maximum Gasteiger partial charge on any atom is 0.434 e. The summed E-state index contributed by atoms with van der Waals surface area (Å²) in [6, 6.07) is 8.47. The lowest BCUT2D eigenvalue weighted by Crippen LogP contribution is -2.06. The number of pyridine rings is 1. The number of hydrogen-bond acceptors (Lipinski definition) is 9. The van der Waals surface area contributed by atoms with Crippen molar-refractivity contribution in [1.29, 1.82) is 0 Å². The molecule has 0 atom stereocenters. The zero-order valence-corrected chi connectivity index (χ0v) is 23.9. The molecule has 0 N–H and O–H groups in total. The molecule has 0 amide bonds. The highest BCUT2D eigenvalue weighted by Gasteiger charge is 2.36. The number of hydrogen-bond donors (Lipinski definition) is 0. The molecule has 1 aromatic carbocycles. The van der Waals surface area contributed by atoms with E-state index in [1.54, 1.807) is 44.3 Å². The number of alkyl halides is 3.